The second-order valence-corrected chi connectivity index (χ2v) is 11.5. The highest BCUT2D eigenvalue weighted by Gasteiger charge is 2.76. The molecule has 4 aliphatic heterocycles. The Morgan fingerprint density at radius 2 is 2.09 bits per heavy atom. The zero-order valence-electron chi connectivity index (χ0n) is 20.9. The zero-order valence-corrected chi connectivity index (χ0v) is 21.7. The summed E-state index contributed by atoms with van der Waals surface area (Å²) < 4.78 is 10.2. The Balaban J connectivity index is 1.64. The van der Waals surface area contributed by atoms with Gasteiger partial charge in [-0.2, -0.15) is 0 Å². The number of rotatable bonds is 11. The van der Waals surface area contributed by atoms with Gasteiger partial charge in [-0.15, -0.1) is 18.3 Å². The molecule has 0 saturated carbocycles. The van der Waals surface area contributed by atoms with E-state index in [1.807, 2.05) is 4.90 Å². The lowest BCUT2D eigenvalue weighted by molar-refractivity contribution is -0.154. The van der Waals surface area contributed by atoms with Gasteiger partial charge in [-0.3, -0.25) is 19.3 Å². The van der Waals surface area contributed by atoms with E-state index in [-0.39, 0.29) is 42.2 Å². The van der Waals surface area contributed by atoms with Crippen molar-refractivity contribution in [2.75, 3.05) is 65.7 Å². The van der Waals surface area contributed by atoms with Gasteiger partial charge in [0.05, 0.1) is 36.4 Å². The fraction of sp³-hybridized carbons (Fsp3) is 0.800. The van der Waals surface area contributed by atoms with Crippen molar-refractivity contribution >= 4 is 29.5 Å². The van der Waals surface area contributed by atoms with Gasteiger partial charge in [0.2, 0.25) is 11.8 Å². The quantitative estimate of drug-likeness (QED) is 0.320. The number of ether oxygens (including phenoxy) is 2. The lowest BCUT2D eigenvalue weighted by Gasteiger charge is -2.41. The van der Waals surface area contributed by atoms with E-state index in [9.17, 15) is 19.5 Å². The topological polar surface area (TPSA) is 99.6 Å². The molecule has 10 heteroatoms. The highest BCUT2D eigenvalue weighted by Crippen LogP contribution is 2.68. The van der Waals surface area contributed by atoms with Crippen molar-refractivity contribution < 1.29 is 29.0 Å². The predicted molar refractivity (Wildman–Crippen MR) is 133 cm³/mol. The fourth-order valence-corrected chi connectivity index (χ4v) is 8.90. The minimum atomic E-state index is -0.666. The Morgan fingerprint density at radius 3 is 2.74 bits per heavy atom. The van der Waals surface area contributed by atoms with Gasteiger partial charge in [0.1, 0.15) is 6.04 Å². The van der Waals surface area contributed by atoms with E-state index in [2.05, 4.69) is 18.4 Å². The molecular weight excluding hydrogens is 470 g/mol. The Labute approximate surface area is 212 Å². The molecule has 0 aliphatic carbocycles. The molecule has 4 saturated heterocycles. The summed E-state index contributed by atoms with van der Waals surface area (Å²) in [6.07, 6.45) is 2.90. The van der Waals surface area contributed by atoms with Crippen LogP contribution < -0.4 is 0 Å². The molecule has 0 radical (unpaired) electrons. The minimum absolute atomic E-state index is 0.0190. The lowest BCUT2D eigenvalue weighted by atomic mass is 9.66. The molecule has 4 fully saturated rings. The minimum Gasteiger partial charge on any atom is -0.466 e. The summed E-state index contributed by atoms with van der Waals surface area (Å²) in [5.41, 5.74) is 0. The molecule has 1 N–H and O–H groups in total. The van der Waals surface area contributed by atoms with Crippen molar-refractivity contribution in [3.8, 4) is 0 Å². The molecule has 9 nitrogen and oxygen atoms in total. The first kappa shape index (κ1) is 26.4. The maximum atomic E-state index is 14.2. The van der Waals surface area contributed by atoms with Crippen LogP contribution in [-0.4, -0.2) is 119 Å². The number of aliphatic hydroxyl groups excluding tert-OH is 1. The van der Waals surface area contributed by atoms with E-state index < -0.39 is 22.6 Å². The SMILES string of the molecule is C=CCN(CCN1CCOCC1)C(=O)C1N(CCCO)C(=O)[C@@H]2[C@@H](C(=O)OCC)[C@H]3CC(C)C12S3. The van der Waals surface area contributed by atoms with Gasteiger partial charge in [0.15, 0.2) is 0 Å². The smallest absolute Gasteiger partial charge is 0.310 e. The molecule has 1 spiro atoms. The fourth-order valence-electron chi connectivity index (χ4n) is 6.49. The molecule has 4 rings (SSSR count). The van der Waals surface area contributed by atoms with Gasteiger partial charge in [0.25, 0.3) is 0 Å². The first-order chi connectivity index (χ1) is 16.9. The van der Waals surface area contributed by atoms with Gasteiger partial charge in [0, 0.05) is 51.1 Å². The number of carbonyl (C=O) groups excluding carboxylic acids is 3. The van der Waals surface area contributed by atoms with Crippen molar-refractivity contribution in [1.82, 2.24) is 14.7 Å². The number of thioether (sulfide) groups is 1. The summed E-state index contributed by atoms with van der Waals surface area (Å²) in [5, 5.41) is 9.49. The summed E-state index contributed by atoms with van der Waals surface area (Å²) in [6.45, 7) is 13.0. The summed E-state index contributed by atoms with van der Waals surface area (Å²) in [7, 11) is 0. The average Bonchev–Trinajstić information content (AvgIpc) is 3.44. The Hall–Kier alpha value is -1.62. The van der Waals surface area contributed by atoms with Crippen molar-refractivity contribution in [2.24, 2.45) is 17.8 Å². The van der Waals surface area contributed by atoms with Crippen molar-refractivity contribution in [3.63, 3.8) is 0 Å². The lowest BCUT2D eigenvalue weighted by Crippen LogP contribution is -2.58. The van der Waals surface area contributed by atoms with E-state index in [1.165, 1.54) is 0 Å². The Kier molecular flexibility index (Phi) is 8.45. The number of nitrogens with zero attached hydrogens (tertiary/aromatic N) is 3. The van der Waals surface area contributed by atoms with Crippen LogP contribution in [0.3, 0.4) is 0 Å². The summed E-state index contributed by atoms with van der Waals surface area (Å²) in [4.78, 5) is 46.8. The predicted octanol–water partition coefficient (Wildman–Crippen LogP) is 0.616. The molecule has 35 heavy (non-hydrogen) atoms. The maximum Gasteiger partial charge on any atom is 0.310 e. The number of morpholine rings is 1. The first-order valence-corrected chi connectivity index (χ1v) is 13.7. The van der Waals surface area contributed by atoms with E-state index in [0.717, 1.165) is 26.1 Å². The number of esters is 1. The highest BCUT2D eigenvalue weighted by molar-refractivity contribution is 8.02. The Bertz CT molecular complexity index is 821. The number of amides is 2. The van der Waals surface area contributed by atoms with Gasteiger partial charge < -0.3 is 24.4 Å². The zero-order chi connectivity index (χ0) is 25.2. The molecule has 2 amide bonds. The number of hydrogen-bond acceptors (Lipinski definition) is 8. The van der Waals surface area contributed by atoms with Gasteiger partial charge in [-0.25, -0.2) is 0 Å². The van der Waals surface area contributed by atoms with Crippen LogP contribution in [0, 0.1) is 17.8 Å². The normalized spacial score (nSPS) is 34.2. The molecule has 0 aromatic carbocycles. The second kappa shape index (κ2) is 11.2. The van der Waals surface area contributed by atoms with Gasteiger partial charge in [-0.1, -0.05) is 13.0 Å². The maximum absolute atomic E-state index is 14.2. The van der Waals surface area contributed by atoms with Crippen LogP contribution in [0.5, 0.6) is 0 Å². The van der Waals surface area contributed by atoms with Crippen molar-refractivity contribution in [2.45, 2.75) is 42.7 Å². The third-order valence-corrected chi connectivity index (χ3v) is 10.1. The molecular formula is C25H39N3O6S. The van der Waals surface area contributed by atoms with Gasteiger partial charge in [-0.05, 0) is 25.7 Å². The average molecular weight is 510 g/mol. The molecule has 6 atom stereocenters. The standard InChI is InChI=1S/C25H39N3O6S/c1-4-7-27(10-9-26-11-14-33-15-12-26)23(31)21-25-17(3)16-18(35-25)19(24(32)34-5-2)20(25)22(30)28(21)8-6-13-29/h4,17-21,29H,1,5-16H2,2-3H3/t17?,18-,19+,20+,21?,25?/m1/s1. The van der Waals surface area contributed by atoms with Crippen LogP contribution in [0.25, 0.3) is 0 Å². The number of aliphatic hydroxyl groups is 1. The molecule has 0 aromatic rings. The molecule has 196 valence electrons. The van der Waals surface area contributed by atoms with E-state index in [1.54, 1.807) is 29.7 Å². The third-order valence-electron chi connectivity index (χ3n) is 8.05. The van der Waals surface area contributed by atoms with Crippen LogP contribution in [0.1, 0.15) is 26.7 Å². The first-order valence-electron chi connectivity index (χ1n) is 12.9. The van der Waals surface area contributed by atoms with Crippen LogP contribution in [-0.2, 0) is 23.9 Å². The number of fused-ring (bicyclic) bond motifs is 1. The summed E-state index contributed by atoms with van der Waals surface area (Å²) in [5.74, 6) is -1.56. The van der Waals surface area contributed by atoms with Crippen LogP contribution in [0.15, 0.2) is 12.7 Å². The monoisotopic (exact) mass is 509 g/mol. The van der Waals surface area contributed by atoms with Crippen LogP contribution >= 0.6 is 11.8 Å². The Morgan fingerprint density at radius 1 is 1.34 bits per heavy atom. The molecule has 4 heterocycles. The summed E-state index contributed by atoms with van der Waals surface area (Å²) in [6, 6.07) is -0.666. The van der Waals surface area contributed by atoms with Crippen LogP contribution in [0.2, 0.25) is 0 Å². The molecule has 2 bridgehead atoms. The number of hydrogen-bond donors (Lipinski definition) is 1. The second-order valence-electron chi connectivity index (χ2n) is 9.94. The van der Waals surface area contributed by atoms with Crippen molar-refractivity contribution in [3.05, 3.63) is 12.7 Å². The summed E-state index contributed by atoms with van der Waals surface area (Å²) >= 11 is 1.65. The van der Waals surface area contributed by atoms with Crippen LogP contribution in [0.4, 0.5) is 0 Å². The largest absolute Gasteiger partial charge is 0.466 e. The van der Waals surface area contributed by atoms with E-state index in [4.69, 9.17) is 9.47 Å². The third kappa shape index (κ3) is 4.63. The molecule has 3 unspecified atom stereocenters. The highest BCUT2D eigenvalue weighted by atomic mass is 32.2. The van der Waals surface area contributed by atoms with Crippen molar-refractivity contribution in [1.29, 1.82) is 0 Å². The number of carbonyl (C=O) groups is 3. The van der Waals surface area contributed by atoms with E-state index in [0.29, 0.717) is 39.3 Å². The number of likely N-dealkylation sites (tertiary alicyclic amines) is 1. The molecule has 0 aromatic heterocycles. The van der Waals surface area contributed by atoms with E-state index >= 15 is 0 Å². The molecule has 4 aliphatic rings. The van der Waals surface area contributed by atoms with Gasteiger partial charge >= 0.3 is 5.97 Å².